The zero-order chi connectivity index (χ0) is 16.2. The van der Waals surface area contributed by atoms with Crippen molar-refractivity contribution < 1.29 is 9.53 Å². The van der Waals surface area contributed by atoms with Crippen LogP contribution in [0.4, 0.5) is 10.6 Å². The van der Waals surface area contributed by atoms with Gasteiger partial charge in [0.1, 0.15) is 17.7 Å². The second-order valence-corrected chi connectivity index (χ2v) is 6.15. The molecule has 2 N–H and O–H groups in total. The molecule has 122 valence electrons. The fraction of sp³-hybridized carbons (Fsp3) is 0.667. The van der Waals surface area contributed by atoms with E-state index in [0.717, 1.165) is 44.2 Å². The topological polar surface area (TPSA) is 84.6 Å². The number of primary amides is 1. The normalized spacial score (nSPS) is 16.6. The summed E-state index contributed by atoms with van der Waals surface area (Å²) in [4.78, 5) is 24.3. The number of ether oxygens (including phenoxy) is 1. The molecule has 0 bridgehead atoms. The second-order valence-electron chi connectivity index (χ2n) is 6.15. The van der Waals surface area contributed by atoms with E-state index in [9.17, 15) is 4.79 Å². The third-order valence-electron chi connectivity index (χ3n) is 3.84. The van der Waals surface area contributed by atoms with Crippen LogP contribution in [0.15, 0.2) is 12.4 Å². The zero-order valence-electron chi connectivity index (χ0n) is 13.6. The SMILES string of the molecule is CCN1CCN(c2cc(CC(C)(C)OC(N)=O)ncn2)CC1. The van der Waals surface area contributed by atoms with Crippen molar-refractivity contribution in [2.75, 3.05) is 37.6 Å². The molecule has 1 amide bonds. The van der Waals surface area contributed by atoms with Crippen LogP contribution in [0.2, 0.25) is 0 Å². The first-order valence-electron chi connectivity index (χ1n) is 7.66. The Morgan fingerprint density at radius 3 is 2.59 bits per heavy atom. The third kappa shape index (κ3) is 4.56. The number of rotatable bonds is 5. The van der Waals surface area contributed by atoms with Gasteiger partial charge in [0.15, 0.2) is 0 Å². The van der Waals surface area contributed by atoms with Crippen LogP contribution in [0.3, 0.4) is 0 Å². The van der Waals surface area contributed by atoms with E-state index in [1.165, 1.54) is 0 Å². The summed E-state index contributed by atoms with van der Waals surface area (Å²) in [7, 11) is 0. The van der Waals surface area contributed by atoms with Crippen LogP contribution in [0.1, 0.15) is 26.5 Å². The van der Waals surface area contributed by atoms with Gasteiger partial charge in [0.2, 0.25) is 0 Å². The molecule has 1 saturated heterocycles. The van der Waals surface area contributed by atoms with E-state index in [0.29, 0.717) is 6.42 Å². The summed E-state index contributed by atoms with van der Waals surface area (Å²) in [6.07, 6.45) is 1.30. The van der Waals surface area contributed by atoms with Crippen LogP contribution in [0.25, 0.3) is 0 Å². The Morgan fingerprint density at radius 2 is 2.00 bits per heavy atom. The van der Waals surface area contributed by atoms with Gasteiger partial charge in [-0.25, -0.2) is 14.8 Å². The standard InChI is InChI=1S/C15H25N5O2/c1-4-19-5-7-20(8-6-19)13-9-12(17-11-18-13)10-15(2,3)22-14(16)21/h9,11H,4-8,10H2,1-3H3,(H2,16,21). The largest absolute Gasteiger partial charge is 0.443 e. The summed E-state index contributed by atoms with van der Waals surface area (Å²) in [5, 5.41) is 0. The van der Waals surface area contributed by atoms with E-state index < -0.39 is 11.7 Å². The lowest BCUT2D eigenvalue weighted by Gasteiger charge is -2.34. The van der Waals surface area contributed by atoms with Crippen LogP contribution in [0, 0.1) is 0 Å². The number of hydrogen-bond acceptors (Lipinski definition) is 6. The Kier molecular flexibility index (Phi) is 5.18. The van der Waals surface area contributed by atoms with E-state index in [4.69, 9.17) is 10.5 Å². The van der Waals surface area contributed by atoms with E-state index in [1.54, 1.807) is 6.33 Å². The van der Waals surface area contributed by atoms with Gasteiger partial charge in [-0.15, -0.1) is 0 Å². The Hall–Kier alpha value is -1.89. The minimum Gasteiger partial charge on any atom is -0.443 e. The predicted molar refractivity (Wildman–Crippen MR) is 84.8 cm³/mol. The first kappa shape index (κ1) is 16.5. The van der Waals surface area contributed by atoms with Crippen molar-refractivity contribution in [3.05, 3.63) is 18.1 Å². The monoisotopic (exact) mass is 307 g/mol. The molecule has 0 atom stereocenters. The average molecular weight is 307 g/mol. The fourth-order valence-corrected chi connectivity index (χ4v) is 2.69. The smallest absolute Gasteiger partial charge is 0.405 e. The summed E-state index contributed by atoms with van der Waals surface area (Å²) >= 11 is 0. The second kappa shape index (κ2) is 6.91. The predicted octanol–water partition coefficient (Wildman–Crippen LogP) is 1.03. The minimum atomic E-state index is -0.769. The Balaban J connectivity index is 2.02. The number of nitrogens with two attached hydrogens (primary N) is 1. The van der Waals surface area contributed by atoms with Crippen LogP contribution in [0.5, 0.6) is 0 Å². The number of hydrogen-bond donors (Lipinski definition) is 1. The van der Waals surface area contributed by atoms with Gasteiger partial charge < -0.3 is 20.3 Å². The quantitative estimate of drug-likeness (QED) is 0.875. The Morgan fingerprint density at radius 1 is 1.32 bits per heavy atom. The average Bonchev–Trinajstić information content (AvgIpc) is 2.45. The van der Waals surface area contributed by atoms with E-state index in [-0.39, 0.29) is 0 Å². The molecule has 0 unspecified atom stereocenters. The first-order chi connectivity index (χ1) is 10.4. The summed E-state index contributed by atoms with van der Waals surface area (Å²) in [5.41, 5.74) is 5.26. The third-order valence-corrected chi connectivity index (χ3v) is 3.84. The molecule has 2 heterocycles. The molecule has 2 rings (SSSR count). The maximum atomic E-state index is 10.9. The number of amides is 1. The lowest BCUT2D eigenvalue weighted by molar-refractivity contribution is 0.0453. The molecule has 1 aliphatic heterocycles. The lowest BCUT2D eigenvalue weighted by Crippen LogP contribution is -2.46. The minimum absolute atomic E-state index is 0.500. The summed E-state index contributed by atoms with van der Waals surface area (Å²) in [6, 6.07) is 1.97. The van der Waals surface area contributed by atoms with Gasteiger partial charge in [0.25, 0.3) is 0 Å². The van der Waals surface area contributed by atoms with Crippen molar-refractivity contribution in [3.63, 3.8) is 0 Å². The van der Waals surface area contributed by atoms with Crippen LogP contribution < -0.4 is 10.6 Å². The summed E-state index contributed by atoms with van der Waals surface area (Å²) < 4.78 is 5.11. The molecule has 0 aromatic carbocycles. The zero-order valence-corrected chi connectivity index (χ0v) is 13.6. The van der Waals surface area contributed by atoms with Gasteiger partial charge in [-0.3, -0.25) is 0 Å². The number of aromatic nitrogens is 2. The van der Waals surface area contributed by atoms with E-state index in [1.807, 2.05) is 19.9 Å². The van der Waals surface area contributed by atoms with Gasteiger partial charge in [-0.05, 0) is 20.4 Å². The molecule has 0 aliphatic carbocycles. The number of anilines is 1. The molecule has 22 heavy (non-hydrogen) atoms. The van der Waals surface area contributed by atoms with Crippen molar-refractivity contribution in [1.82, 2.24) is 14.9 Å². The van der Waals surface area contributed by atoms with Gasteiger partial charge in [-0.2, -0.15) is 0 Å². The maximum absolute atomic E-state index is 10.9. The molecular formula is C15H25N5O2. The molecule has 1 aliphatic rings. The lowest BCUT2D eigenvalue weighted by atomic mass is 10.0. The van der Waals surface area contributed by atoms with Crippen LogP contribution in [-0.2, 0) is 11.2 Å². The highest BCUT2D eigenvalue weighted by atomic mass is 16.6. The fourth-order valence-electron chi connectivity index (χ4n) is 2.69. The van der Waals surface area contributed by atoms with Crippen molar-refractivity contribution in [1.29, 1.82) is 0 Å². The van der Waals surface area contributed by atoms with Crippen LogP contribution in [-0.4, -0.2) is 59.3 Å². The van der Waals surface area contributed by atoms with Crippen molar-refractivity contribution in [2.45, 2.75) is 32.8 Å². The van der Waals surface area contributed by atoms with Gasteiger partial charge in [0.05, 0.1) is 0 Å². The summed E-state index contributed by atoms with van der Waals surface area (Å²) in [5.74, 6) is 0.927. The number of carbonyl (C=O) groups excluding carboxylic acids is 1. The molecule has 7 nitrogen and oxygen atoms in total. The number of likely N-dealkylation sites (N-methyl/N-ethyl adjacent to an activating group) is 1. The molecule has 1 aromatic rings. The van der Waals surface area contributed by atoms with Gasteiger partial charge in [0, 0.05) is 44.4 Å². The Labute approximate surface area is 131 Å². The molecule has 1 aromatic heterocycles. The maximum Gasteiger partial charge on any atom is 0.405 e. The number of carbonyl (C=O) groups is 1. The van der Waals surface area contributed by atoms with Crippen molar-refractivity contribution in [3.8, 4) is 0 Å². The molecule has 0 spiro atoms. The van der Waals surface area contributed by atoms with Gasteiger partial charge in [-0.1, -0.05) is 6.92 Å². The summed E-state index contributed by atoms with van der Waals surface area (Å²) in [6.45, 7) is 10.9. The number of nitrogens with zero attached hydrogens (tertiary/aromatic N) is 4. The van der Waals surface area contributed by atoms with E-state index in [2.05, 4.69) is 26.7 Å². The molecular weight excluding hydrogens is 282 g/mol. The molecule has 1 fully saturated rings. The highest BCUT2D eigenvalue weighted by Crippen LogP contribution is 2.19. The van der Waals surface area contributed by atoms with E-state index >= 15 is 0 Å². The highest BCUT2D eigenvalue weighted by Gasteiger charge is 2.24. The first-order valence-corrected chi connectivity index (χ1v) is 7.66. The Bertz CT molecular complexity index is 512. The van der Waals surface area contributed by atoms with Crippen molar-refractivity contribution in [2.24, 2.45) is 5.73 Å². The molecule has 0 saturated carbocycles. The molecule has 7 heteroatoms. The van der Waals surface area contributed by atoms with Crippen molar-refractivity contribution >= 4 is 11.9 Å². The highest BCUT2D eigenvalue weighted by molar-refractivity contribution is 5.65. The number of piperazine rings is 1. The van der Waals surface area contributed by atoms with Gasteiger partial charge >= 0.3 is 6.09 Å². The molecule has 0 radical (unpaired) electrons. The van der Waals surface area contributed by atoms with Crippen LogP contribution >= 0.6 is 0 Å².